The van der Waals surface area contributed by atoms with Crippen LogP contribution in [0.4, 0.5) is 9.93 Å². The number of aromatic nitrogens is 4. The smallest absolute Gasteiger partial charge is 0.321 e. The van der Waals surface area contributed by atoms with Gasteiger partial charge in [-0.05, 0) is 29.8 Å². The van der Waals surface area contributed by atoms with Gasteiger partial charge in [-0.15, -0.1) is 0 Å². The summed E-state index contributed by atoms with van der Waals surface area (Å²) < 4.78 is 1.96. The van der Waals surface area contributed by atoms with E-state index in [9.17, 15) is 4.79 Å². The summed E-state index contributed by atoms with van der Waals surface area (Å²) in [7, 11) is 0. The number of amides is 2. The fourth-order valence-electron chi connectivity index (χ4n) is 3.11. The number of urea groups is 1. The van der Waals surface area contributed by atoms with Crippen LogP contribution >= 0.6 is 39.0 Å². The molecular weight excluding hydrogens is 520 g/mol. The molecule has 3 heterocycles. The summed E-state index contributed by atoms with van der Waals surface area (Å²) in [6, 6.07) is 19.6. The van der Waals surface area contributed by atoms with Crippen LogP contribution < -0.4 is 10.6 Å². The molecule has 10 heteroatoms. The predicted octanol–water partition coefficient (Wildman–Crippen LogP) is 6.32. The van der Waals surface area contributed by atoms with Gasteiger partial charge in [0, 0.05) is 9.86 Å². The average Bonchev–Trinajstić information content (AvgIpc) is 3.48. The maximum absolute atomic E-state index is 12.3. The van der Waals surface area contributed by atoms with E-state index < -0.39 is 0 Å². The van der Waals surface area contributed by atoms with Crippen molar-refractivity contribution in [2.24, 2.45) is 0 Å². The van der Waals surface area contributed by atoms with E-state index in [1.807, 2.05) is 54.6 Å². The number of carbonyl (C=O) groups is 1. The number of fused-ring (bicyclic) bond motifs is 1. The zero-order chi connectivity index (χ0) is 22.6. The molecule has 0 bridgehead atoms. The van der Waals surface area contributed by atoms with Crippen molar-refractivity contribution in [2.75, 3.05) is 5.32 Å². The normalized spacial score (nSPS) is 10.9. The van der Waals surface area contributed by atoms with Crippen molar-refractivity contribution in [3.8, 4) is 11.3 Å². The van der Waals surface area contributed by atoms with Crippen molar-refractivity contribution in [1.82, 2.24) is 25.3 Å². The van der Waals surface area contributed by atoms with Gasteiger partial charge < -0.3 is 10.3 Å². The Morgan fingerprint density at radius 3 is 2.76 bits per heavy atom. The van der Waals surface area contributed by atoms with Crippen LogP contribution in [0.2, 0.25) is 0 Å². The number of para-hydroxylation sites is 1. The van der Waals surface area contributed by atoms with E-state index in [4.69, 9.17) is 0 Å². The number of nitrogens with zero attached hydrogens (tertiary/aromatic N) is 3. The van der Waals surface area contributed by atoms with Gasteiger partial charge in [-0.2, -0.15) is 0 Å². The van der Waals surface area contributed by atoms with E-state index in [1.165, 1.54) is 23.1 Å². The Bertz CT molecular complexity index is 1420. The predicted molar refractivity (Wildman–Crippen MR) is 136 cm³/mol. The molecule has 2 aromatic carbocycles. The van der Waals surface area contributed by atoms with E-state index in [-0.39, 0.29) is 12.6 Å². The van der Waals surface area contributed by atoms with Crippen molar-refractivity contribution in [2.45, 2.75) is 15.8 Å². The second-order valence-electron chi connectivity index (χ2n) is 6.99. The molecule has 0 fully saturated rings. The largest absolute Gasteiger partial charge is 0.341 e. The Hall–Kier alpha value is -3.21. The summed E-state index contributed by atoms with van der Waals surface area (Å²) in [4.78, 5) is 28.8. The highest BCUT2D eigenvalue weighted by Gasteiger charge is 2.10. The molecule has 164 valence electrons. The number of rotatable bonds is 6. The molecule has 33 heavy (non-hydrogen) atoms. The number of aromatic amines is 1. The molecule has 0 spiro atoms. The first-order valence-corrected chi connectivity index (χ1v) is 12.4. The van der Waals surface area contributed by atoms with Crippen molar-refractivity contribution in [1.29, 1.82) is 0 Å². The van der Waals surface area contributed by atoms with E-state index in [2.05, 4.69) is 52.6 Å². The molecule has 5 rings (SSSR count). The van der Waals surface area contributed by atoms with Crippen molar-refractivity contribution in [3.63, 3.8) is 0 Å². The van der Waals surface area contributed by atoms with Gasteiger partial charge in [0.05, 0.1) is 34.4 Å². The van der Waals surface area contributed by atoms with Gasteiger partial charge in [0.2, 0.25) is 0 Å². The molecule has 0 radical (unpaired) electrons. The lowest BCUT2D eigenvalue weighted by Crippen LogP contribution is -2.28. The second-order valence-corrected chi connectivity index (χ2v) is 10.3. The van der Waals surface area contributed by atoms with Crippen LogP contribution in [-0.2, 0) is 6.54 Å². The number of nitrogens with one attached hydrogen (secondary N) is 3. The van der Waals surface area contributed by atoms with Gasteiger partial charge in [0.15, 0.2) is 5.13 Å². The van der Waals surface area contributed by atoms with Crippen molar-refractivity contribution in [3.05, 3.63) is 83.4 Å². The number of hydrogen-bond donors (Lipinski definition) is 3. The number of pyridine rings is 1. The SMILES string of the molecule is O=C(NCc1ncc(-c2ccc(Br)cc2)[nH]1)Nc1ncc(Sc2ccc3ccccc3n2)s1. The van der Waals surface area contributed by atoms with Crippen LogP contribution in [0.3, 0.4) is 0 Å². The maximum atomic E-state index is 12.3. The molecule has 0 aliphatic carbocycles. The van der Waals surface area contributed by atoms with Crippen molar-refractivity contribution >= 4 is 61.1 Å². The minimum atomic E-state index is -0.341. The van der Waals surface area contributed by atoms with E-state index in [0.717, 1.165) is 35.9 Å². The van der Waals surface area contributed by atoms with E-state index in [0.29, 0.717) is 11.0 Å². The first-order valence-electron chi connectivity index (χ1n) is 9.96. The summed E-state index contributed by atoms with van der Waals surface area (Å²) in [5, 5.41) is 8.07. The zero-order valence-corrected chi connectivity index (χ0v) is 20.3. The maximum Gasteiger partial charge on any atom is 0.321 e. The quantitative estimate of drug-likeness (QED) is 0.236. The molecule has 0 aliphatic rings. The van der Waals surface area contributed by atoms with Gasteiger partial charge in [-0.25, -0.2) is 19.7 Å². The minimum Gasteiger partial charge on any atom is -0.341 e. The highest BCUT2D eigenvalue weighted by molar-refractivity contribution is 9.10. The fourth-order valence-corrected chi connectivity index (χ4v) is 5.17. The van der Waals surface area contributed by atoms with E-state index >= 15 is 0 Å². The Labute approximate surface area is 206 Å². The molecule has 5 aromatic rings. The number of halogens is 1. The molecule has 3 N–H and O–H groups in total. The van der Waals surface area contributed by atoms with Crippen LogP contribution in [0.25, 0.3) is 22.2 Å². The highest BCUT2D eigenvalue weighted by atomic mass is 79.9. The van der Waals surface area contributed by atoms with Gasteiger partial charge in [0.1, 0.15) is 10.9 Å². The van der Waals surface area contributed by atoms with Crippen LogP contribution in [0.5, 0.6) is 0 Å². The monoisotopic (exact) mass is 536 g/mol. The highest BCUT2D eigenvalue weighted by Crippen LogP contribution is 2.33. The molecular formula is C23H17BrN6OS2. The lowest BCUT2D eigenvalue weighted by atomic mass is 10.2. The molecule has 7 nitrogen and oxygen atoms in total. The molecule has 0 aliphatic heterocycles. The Morgan fingerprint density at radius 1 is 1.03 bits per heavy atom. The Morgan fingerprint density at radius 2 is 1.88 bits per heavy atom. The third-order valence-corrected chi connectivity index (χ3v) is 7.16. The number of H-pyrrole nitrogens is 1. The molecule has 2 amide bonds. The molecule has 3 aromatic heterocycles. The zero-order valence-electron chi connectivity index (χ0n) is 17.1. The van der Waals surface area contributed by atoms with Crippen LogP contribution in [0, 0.1) is 0 Å². The molecule has 0 atom stereocenters. The lowest BCUT2D eigenvalue weighted by molar-refractivity contribution is 0.251. The van der Waals surface area contributed by atoms with Gasteiger partial charge in [-0.3, -0.25) is 5.32 Å². The topological polar surface area (TPSA) is 95.6 Å². The third-order valence-electron chi connectivity index (χ3n) is 4.68. The lowest BCUT2D eigenvalue weighted by Gasteiger charge is -2.03. The minimum absolute atomic E-state index is 0.274. The number of hydrogen-bond acceptors (Lipinski definition) is 6. The summed E-state index contributed by atoms with van der Waals surface area (Å²) in [6.45, 7) is 0.274. The number of anilines is 1. The summed E-state index contributed by atoms with van der Waals surface area (Å²) in [6.07, 6.45) is 3.49. The first-order chi connectivity index (χ1) is 16.1. The number of carbonyl (C=O) groups excluding carboxylic acids is 1. The van der Waals surface area contributed by atoms with Crippen molar-refractivity contribution < 1.29 is 4.79 Å². The Kier molecular flexibility index (Phi) is 6.38. The van der Waals surface area contributed by atoms with Gasteiger partial charge in [-0.1, -0.05) is 75.4 Å². The van der Waals surface area contributed by atoms with E-state index in [1.54, 1.807) is 12.4 Å². The third kappa shape index (κ3) is 5.41. The summed E-state index contributed by atoms with van der Waals surface area (Å²) in [5.41, 5.74) is 2.87. The summed E-state index contributed by atoms with van der Waals surface area (Å²) in [5.74, 6) is 0.667. The number of imidazole rings is 1. The first kappa shape index (κ1) is 21.6. The van der Waals surface area contributed by atoms with Gasteiger partial charge in [0.25, 0.3) is 0 Å². The number of thiazole rings is 1. The van der Waals surface area contributed by atoms with Crippen LogP contribution in [0.15, 0.2) is 86.8 Å². The van der Waals surface area contributed by atoms with Crippen LogP contribution in [0.1, 0.15) is 5.82 Å². The van der Waals surface area contributed by atoms with Gasteiger partial charge >= 0.3 is 6.03 Å². The Balaban J connectivity index is 1.15. The molecule has 0 saturated heterocycles. The average molecular weight is 537 g/mol. The molecule has 0 saturated carbocycles. The second kappa shape index (κ2) is 9.74. The molecule has 0 unspecified atom stereocenters. The fraction of sp³-hybridized carbons (Fsp3) is 0.0435. The number of benzene rings is 2. The summed E-state index contributed by atoms with van der Waals surface area (Å²) >= 11 is 6.34. The standard InChI is InChI=1S/C23H17BrN6OS2/c24-16-8-5-15(6-9-16)18-11-25-19(28-18)12-26-22(31)30-23-27-13-21(33-23)32-20-10-7-14-3-1-2-4-17(14)29-20/h1-11,13H,12H2,(H,25,28)(H2,26,27,30,31). The van der Waals surface area contributed by atoms with Crippen LogP contribution in [-0.4, -0.2) is 26.0 Å².